The fourth-order valence-corrected chi connectivity index (χ4v) is 4.42. The van der Waals surface area contributed by atoms with Gasteiger partial charge in [0.15, 0.2) is 5.71 Å². The summed E-state index contributed by atoms with van der Waals surface area (Å²) in [4.78, 5) is 33.7. The van der Waals surface area contributed by atoms with Crippen LogP contribution in [0.4, 0.5) is 0 Å². The van der Waals surface area contributed by atoms with Gasteiger partial charge >= 0.3 is 11.9 Å². The Morgan fingerprint density at radius 2 is 1.29 bits per heavy atom. The number of hydrogen-bond donors (Lipinski definition) is 1. The Balaban J connectivity index is 1.85. The zero-order valence-electron chi connectivity index (χ0n) is 19.5. The first-order valence-corrected chi connectivity index (χ1v) is 11.6. The molecule has 2 heterocycles. The number of ether oxygens (including phenoxy) is 2. The van der Waals surface area contributed by atoms with Crippen LogP contribution in [0.15, 0.2) is 83.9 Å². The van der Waals surface area contributed by atoms with Gasteiger partial charge in [-0.05, 0) is 19.4 Å². The highest BCUT2D eigenvalue weighted by Crippen LogP contribution is 2.41. The quantitative estimate of drug-likeness (QED) is 0.375. The number of benzene rings is 3. The van der Waals surface area contributed by atoms with Gasteiger partial charge in [0.1, 0.15) is 5.69 Å². The van der Waals surface area contributed by atoms with Crippen molar-refractivity contribution < 1.29 is 19.1 Å². The van der Waals surface area contributed by atoms with Crippen LogP contribution in [-0.2, 0) is 14.3 Å². The third kappa shape index (κ3) is 3.93. The maximum Gasteiger partial charge on any atom is 0.357 e. The van der Waals surface area contributed by atoms with Gasteiger partial charge < -0.3 is 14.5 Å². The monoisotopic (exact) mass is 464 g/mol. The van der Waals surface area contributed by atoms with E-state index in [1.165, 1.54) is 0 Å². The molecule has 1 aliphatic heterocycles. The fourth-order valence-electron chi connectivity index (χ4n) is 4.42. The number of H-pyrrole nitrogens is 1. The van der Waals surface area contributed by atoms with Crippen molar-refractivity contribution in [2.45, 2.75) is 13.8 Å². The summed E-state index contributed by atoms with van der Waals surface area (Å²) in [5.74, 6) is -0.888. The van der Waals surface area contributed by atoms with Crippen LogP contribution in [-0.4, -0.2) is 35.8 Å². The minimum absolute atomic E-state index is 0.259. The zero-order chi connectivity index (χ0) is 24.4. The molecule has 6 heteroatoms. The van der Waals surface area contributed by atoms with Crippen LogP contribution in [0, 0.1) is 0 Å². The molecule has 1 aliphatic rings. The van der Waals surface area contributed by atoms with Gasteiger partial charge in [0, 0.05) is 27.5 Å². The molecule has 0 bridgehead atoms. The lowest BCUT2D eigenvalue weighted by Gasteiger charge is -2.11. The summed E-state index contributed by atoms with van der Waals surface area (Å²) in [6.07, 6.45) is 0. The summed E-state index contributed by atoms with van der Waals surface area (Å²) < 4.78 is 10.6. The van der Waals surface area contributed by atoms with Crippen molar-refractivity contribution in [1.29, 1.82) is 0 Å². The van der Waals surface area contributed by atoms with Crippen LogP contribution >= 0.6 is 0 Å². The van der Waals surface area contributed by atoms with Gasteiger partial charge in [-0.25, -0.2) is 14.6 Å². The third-order valence-electron chi connectivity index (χ3n) is 5.87. The largest absolute Gasteiger partial charge is 0.461 e. The number of fused-ring (bicyclic) bond motifs is 2. The van der Waals surface area contributed by atoms with Gasteiger partial charge in [-0.2, -0.15) is 0 Å². The van der Waals surface area contributed by atoms with Crippen molar-refractivity contribution in [3.05, 3.63) is 107 Å². The first-order valence-electron chi connectivity index (χ1n) is 11.6. The molecule has 4 aromatic rings. The van der Waals surface area contributed by atoms with E-state index in [2.05, 4.69) is 4.98 Å². The van der Waals surface area contributed by atoms with E-state index in [0.29, 0.717) is 11.4 Å². The van der Waals surface area contributed by atoms with Crippen molar-refractivity contribution in [3.63, 3.8) is 0 Å². The van der Waals surface area contributed by atoms with Gasteiger partial charge in [-0.15, -0.1) is 0 Å². The number of carbonyl (C=O) groups is 2. The van der Waals surface area contributed by atoms with Crippen LogP contribution in [0.2, 0.25) is 0 Å². The highest BCUT2D eigenvalue weighted by molar-refractivity contribution is 6.47. The molecule has 3 aromatic carbocycles. The van der Waals surface area contributed by atoms with E-state index < -0.39 is 11.9 Å². The van der Waals surface area contributed by atoms with Crippen LogP contribution < -0.4 is 0 Å². The van der Waals surface area contributed by atoms with Crippen LogP contribution in [0.1, 0.15) is 46.7 Å². The molecule has 0 unspecified atom stereocenters. The summed E-state index contributed by atoms with van der Waals surface area (Å²) in [5.41, 5.74) is 5.24. The van der Waals surface area contributed by atoms with E-state index in [9.17, 15) is 9.59 Å². The van der Waals surface area contributed by atoms with Gasteiger partial charge in [0.25, 0.3) is 0 Å². The number of nitrogens with one attached hydrogen (secondary N) is 1. The molecule has 0 saturated heterocycles. The predicted octanol–water partition coefficient (Wildman–Crippen LogP) is 5.63. The average molecular weight is 465 g/mol. The number of aromatic amines is 1. The molecule has 0 fully saturated rings. The highest BCUT2D eigenvalue weighted by atomic mass is 16.5. The Bertz CT molecular complexity index is 1500. The molecule has 0 amide bonds. The lowest BCUT2D eigenvalue weighted by atomic mass is 9.94. The molecule has 1 aromatic heterocycles. The van der Waals surface area contributed by atoms with Gasteiger partial charge in [-0.1, -0.05) is 78.9 Å². The number of esters is 2. The lowest BCUT2D eigenvalue weighted by molar-refractivity contribution is -0.134. The fraction of sp³-hybridized carbons (Fsp3) is 0.138. The summed E-state index contributed by atoms with van der Waals surface area (Å²) in [7, 11) is 0. The predicted molar refractivity (Wildman–Crippen MR) is 136 cm³/mol. The van der Waals surface area contributed by atoms with E-state index in [1.54, 1.807) is 13.8 Å². The van der Waals surface area contributed by atoms with Crippen LogP contribution in [0.25, 0.3) is 22.0 Å². The van der Waals surface area contributed by atoms with Crippen molar-refractivity contribution in [3.8, 4) is 0 Å². The van der Waals surface area contributed by atoms with Crippen molar-refractivity contribution in [1.82, 2.24) is 4.98 Å². The molecule has 1 N–H and O–H groups in total. The SMILES string of the molecule is CCOC(=O)C1=N/C(=C(\c2ccccc2)c2[nH]c(C(=O)OCC)c3ccccc23)c2ccccc21. The molecular formula is C29H24N2O4. The Morgan fingerprint density at radius 3 is 1.97 bits per heavy atom. The second-order valence-corrected chi connectivity index (χ2v) is 7.96. The second kappa shape index (κ2) is 9.43. The third-order valence-corrected chi connectivity index (χ3v) is 5.87. The molecule has 0 saturated carbocycles. The number of carbonyl (C=O) groups excluding carboxylic acids is 2. The summed E-state index contributed by atoms with van der Waals surface area (Å²) in [6, 6.07) is 25.1. The Kier molecular flexibility index (Phi) is 6.02. The molecule has 0 radical (unpaired) electrons. The van der Waals surface area contributed by atoms with Crippen molar-refractivity contribution in [2.24, 2.45) is 4.99 Å². The minimum Gasteiger partial charge on any atom is -0.461 e. The maximum atomic E-state index is 12.8. The Labute approximate surface area is 202 Å². The zero-order valence-corrected chi connectivity index (χ0v) is 19.5. The highest BCUT2D eigenvalue weighted by Gasteiger charge is 2.30. The number of hydrogen-bond acceptors (Lipinski definition) is 5. The minimum atomic E-state index is -0.467. The van der Waals surface area contributed by atoms with E-state index in [0.717, 1.165) is 38.7 Å². The standard InChI is InChI=1S/C29H24N2O4/c1-3-34-28(32)26-21-16-10-8-14-19(21)24(30-26)23(18-12-6-5-7-13-18)25-20-15-9-11-17-22(20)27(31-25)29(33)35-4-2/h5-17,30H,3-4H2,1-2H3/b25-23+. The van der Waals surface area contributed by atoms with Gasteiger partial charge in [0.2, 0.25) is 0 Å². The lowest BCUT2D eigenvalue weighted by Crippen LogP contribution is -2.17. The molecule has 5 rings (SSSR count). The summed E-state index contributed by atoms with van der Waals surface area (Å²) in [6.45, 7) is 4.08. The molecule has 35 heavy (non-hydrogen) atoms. The number of nitrogens with zero attached hydrogens (tertiary/aromatic N) is 1. The first-order chi connectivity index (χ1) is 17.1. The number of aromatic nitrogens is 1. The summed E-state index contributed by atoms with van der Waals surface area (Å²) >= 11 is 0. The van der Waals surface area contributed by atoms with E-state index >= 15 is 0 Å². The normalized spacial score (nSPS) is 13.8. The van der Waals surface area contributed by atoms with Crippen molar-refractivity contribution in [2.75, 3.05) is 13.2 Å². The number of rotatable bonds is 6. The number of aliphatic imine (C=N–C) groups is 1. The molecule has 0 spiro atoms. The topological polar surface area (TPSA) is 80.8 Å². The van der Waals surface area contributed by atoms with E-state index in [1.807, 2.05) is 78.9 Å². The first kappa shape index (κ1) is 22.3. The summed E-state index contributed by atoms with van der Waals surface area (Å²) in [5, 5.41) is 1.62. The molecule has 174 valence electrons. The van der Waals surface area contributed by atoms with Crippen molar-refractivity contribution >= 4 is 39.7 Å². The van der Waals surface area contributed by atoms with Crippen LogP contribution in [0.5, 0.6) is 0 Å². The van der Waals surface area contributed by atoms with E-state index in [-0.39, 0.29) is 18.9 Å². The Morgan fingerprint density at radius 1 is 0.714 bits per heavy atom. The molecule has 0 aliphatic carbocycles. The average Bonchev–Trinajstić information content (AvgIpc) is 3.45. The molecule has 6 nitrogen and oxygen atoms in total. The second-order valence-electron chi connectivity index (χ2n) is 7.96. The van der Waals surface area contributed by atoms with Crippen LogP contribution in [0.3, 0.4) is 0 Å². The van der Waals surface area contributed by atoms with Gasteiger partial charge in [0.05, 0.1) is 24.6 Å². The maximum absolute atomic E-state index is 12.8. The van der Waals surface area contributed by atoms with E-state index in [4.69, 9.17) is 14.5 Å². The van der Waals surface area contributed by atoms with Gasteiger partial charge in [-0.3, -0.25) is 0 Å². The molecule has 0 atom stereocenters. The molecular weight excluding hydrogens is 440 g/mol. The smallest absolute Gasteiger partial charge is 0.357 e. The Hall–Kier alpha value is -4.45.